The Kier molecular flexibility index (Phi) is 7.03. The smallest absolute Gasteiger partial charge is 0.123 e. The van der Waals surface area contributed by atoms with Gasteiger partial charge in [-0.1, -0.05) is 13.0 Å². The van der Waals surface area contributed by atoms with Crippen LogP contribution >= 0.6 is 0 Å². The van der Waals surface area contributed by atoms with Crippen LogP contribution in [-0.2, 0) is 4.74 Å². The van der Waals surface area contributed by atoms with E-state index in [-0.39, 0.29) is 18.0 Å². The SMILES string of the molecule is CCCNC(CCC(C)OC)c1ccc(F)cc1C. The van der Waals surface area contributed by atoms with Gasteiger partial charge in [-0.15, -0.1) is 0 Å². The second kappa shape index (κ2) is 8.28. The average Bonchev–Trinajstić information content (AvgIpc) is 2.39. The molecule has 0 saturated carbocycles. The van der Waals surface area contributed by atoms with E-state index in [1.54, 1.807) is 19.2 Å². The summed E-state index contributed by atoms with van der Waals surface area (Å²) < 4.78 is 18.5. The molecule has 1 rings (SSSR count). The van der Waals surface area contributed by atoms with Gasteiger partial charge in [0.2, 0.25) is 0 Å². The minimum atomic E-state index is -0.166. The summed E-state index contributed by atoms with van der Waals surface area (Å²) in [6.07, 6.45) is 3.35. The number of benzene rings is 1. The molecule has 0 saturated heterocycles. The number of nitrogens with one attached hydrogen (secondary N) is 1. The van der Waals surface area contributed by atoms with Crippen molar-refractivity contribution in [2.24, 2.45) is 0 Å². The zero-order valence-electron chi connectivity index (χ0n) is 12.5. The van der Waals surface area contributed by atoms with Gasteiger partial charge in [-0.25, -0.2) is 4.39 Å². The Balaban J connectivity index is 2.76. The van der Waals surface area contributed by atoms with E-state index < -0.39 is 0 Å². The monoisotopic (exact) mass is 267 g/mol. The van der Waals surface area contributed by atoms with Crippen molar-refractivity contribution < 1.29 is 9.13 Å². The fourth-order valence-electron chi connectivity index (χ4n) is 2.24. The maximum absolute atomic E-state index is 13.2. The topological polar surface area (TPSA) is 21.3 Å². The average molecular weight is 267 g/mol. The third-order valence-corrected chi connectivity index (χ3v) is 3.51. The Morgan fingerprint density at radius 1 is 1.32 bits per heavy atom. The van der Waals surface area contributed by atoms with Crippen LogP contribution in [0.3, 0.4) is 0 Å². The Morgan fingerprint density at radius 2 is 2.05 bits per heavy atom. The van der Waals surface area contributed by atoms with Crippen molar-refractivity contribution in [1.29, 1.82) is 0 Å². The van der Waals surface area contributed by atoms with Crippen LogP contribution in [0.5, 0.6) is 0 Å². The molecule has 0 aliphatic carbocycles. The lowest BCUT2D eigenvalue weighted by atomic mass is 9.96. The Morgan fingerprint density at radius 3 is 2.63 bits per heavy atom. The molecule has 2 unspecified atom stereocenters. The first kappa shape index (κ1) is 16.1. The summed E-state index contributed by atoms with van der Waals surface area (Å²) in [5, 5.41) is 3.55. The highest BCUT2D eigenvalue weighted by Gasteiger charge is 2.14. The Bertz CT molecular complexity index is 381. The standard InChI is InChI=1S/C16H26FNO/c1-5-10-18-16(9-6-13(3)19-4)15-8-7-14(17)11-12(15)2/h7-8,11,13,16,18H,5-6,9-10H2,1-4H3. The number of rotatable bonds is 8. The first-order chi connectivity index (χ1) is 9.08. The first-order valence-corrected chi connectivity index (χ1v) is 7.10. The normalized spacial score (nSPS) is 14.4. The van der Waals surface area contributed by atoms with Gasteiger partial charge in [0.25, 0.3) is 0 Å². The molecule has 108 valence electrons. The molecule has 2 atom stereocenters. The van der Waals surface area contributed by atoms with Crippen molar-refractivity contribution >= 4 is 0 Å². The van der Waals surface area contributed by atoms with E-state index in [9.17, 15) is 4.39 Å². The predicted octanol–water partition coefficient (Wildman–Crippen LogP) is 3.99. The molecule has 1 aromatic carbocycles. The molecule has 0 aliphatic rings. The molecular weight excluding hydrogens is 241 g/mol. The van der Waals surface area contributed by atoms with Gasteiger partial charge in [-0.05, 0) is 62.9 Å². The lowest BCUT2D eigenvalue weighted by Crippen LogP contribution is -2.24. The van der Waals surface area contributed by atoms with Gasteiger partial charge < -0.3 is 10.1 Å². The van der Waals surface area contributed by atoms with E-state index in [0.717, 1.165) is 31.4 Å². The van der Waals surface area contributed by atoms with E-state index in [1.165, 1.54) is 5.56 Å². The van der Waals surface area contributed by atoms with E-state index in [4.69, 9.17) is 4.74 Å². The molecule has 1 aromatic rings. The molecule has 0 amide bonds. The van der Waals surface area contributed by atoms with Crippen LogP contribution in [0.1, 0.15) is 50.3 Å². The van der Waals surface area contributed by atoms with Crippen molar-refractivity contribution in [3.8, 4) is 0 Å². The molecule has 0 aliphatic heterocycles. The Labute approximate surface area is 116 Å². The van der Waals surface area contributed by atoms with Gasteiger partial charge in [0, 0.05) is 13.2 Å². The zero-order chi connectivity index (χ0) is 14.3. The second-order valence-electron chi connectivity index (χ2n) is 5.13. The molecule has 0 fully saturated rings. The molecular formula is C16H26FNO. The third kappa shape index (κ3) is 5.29. The maximum Gasteiger partial charge on any atom is 0.123 e. The van der Waals surface area contributed by atoms with Crippen LogP contribution < -0.4 is 5.32 Å². The highest BCUT2D eigenvalue weighted by molar-refractivity contribution is 5.29. The van der Waals surface area contributed by atoms with Gasteiger partial charge in [0.15, 0.2) is 0 Å². The lowest BCUT2D eigenvalue weighted by Gasteiger charge is -2.22. The zero-order valence-corrected chi connectivity index (χ0v) is 12.5. The largest absolute Gasteiger partial charge is 0.382 e. The minimum absolute atomic E-state index is 0.166. The first-order valence-electron chi connectivity index (χ1n) is 7.10. The third-order valence-electron chi connectivity index (χ3n) is 3.51. The fourth-order valence-corrected chi connectivity index (χ4v) is 2.24. The van der Waals surface area contributed by atoms with Crippen LogP contribution in [-0.4, -0.2) is 19.8 Å². The van der Waals surface area contributed by atoms with Gasteiger partial charge in [-0.3, -0.25) is 0 Å². The van der Waals surface area contributed by atoms with Gasteiger partial charge in [0.05, 0.1) is 6.10 Å². The van der Waals surface area contributed by atoms with Crippen LogP contribution in [0.15, 0.2) is 18.2 Å². The van der Waals surface area contributed by atoms with Gasteiger partial charge in [0.1, 0.15) is 5.82 Å². The lowest BCUT2D eigenvalue weighted by molar-refractivity contribution is 0.106. The summed E-state index contributed by atoms with van der Waals surface area (Å²) in [4.78, 5) is 0. The number of methoxy groups -OCH3 is 1. The van der Waals surface area contributed by atoms with Crippen LogP contribution in [0.25, 0.3) is 0 Å². The highest BCUT2D eigenvalue weighted by Crippen LogP contribution is 2.24. The number of hydrogen-bond donors (Lipinski definition) is 1. The van der Waals surface area contributed by atoms with Crippen LogP contribution in [0.2, 0.25) is 0 Å². The second-order valence-corrected chi connectivity index (χ2v) is 5.13. The van der Waals surface area contributed by atoms with Crippen molar-refractivity contribution in [3.05, 3.63) is 35.1 Å². The van der Waals surface area contributed by atoms with E-state index >= 15 is 0 Å². The van der Waals surface area contributed by atoms with E-state index in [1.807, 2.05) is 13.0 Å². The number of ether oxygens (including phenoxy) is 1. The fraction of sp³-hybridized carbons (Fsp3) is 0.625. The van der Waals surface area contributed by atoms with Crippen molar-refractivity contribution in [3.63, 3.8) is 0 Å². The minimum Gasteiger partial charge on any atom is -0.382 e. The maximum atomic E-state index is 13.2. The Hall–Kier alpha value is -0.930. The quantitative estimate of drug-likeness (QED) is 0.769. The van der Waals surface area contributed by atoms with Crippen molar-refractivity contribution in [1.82, 2.24) is 5.32 Å². The molecule has 0 radical (unpaired) electrons. The molecule has 3 heteroatoms. The number of halogens is 1. The van der Waals surface area contributed by atoms with Gasteiger partial charge >= 0.3 is 0 Å². The molecule has 0 bridgehead atoms. The van der Waals surface area contributed by atoms with Crippen LogP contribution in [0.4, 0.5) is 4.39 Å². The summed E-state index contributed by atoms with van der Waals surface area (Å²) in [5.41, 5.74) is 2.21. The summed E-state index contributed by atoms with van der Waals surface area (Å²) in [7, 11) is 1.74. The van der Waals surface area contributed by atoms with Crippen molar-refractivity contribution in [2.45, 2.75) is 52.2 Å². The highest BCUT2D eigenvalue weighted by atomic mass is 19.1. The molecule has 19 heavy (non-hydrogen) atoms. The summed E-state index contributed by atoms with van der Waals surface area (Å²) >= 11 is 0. The molecule has 1 N–H and O–H groups in total. The summed E-state index contributed by atoms with van der Waals surface area (Å²) in [6.45, 7) is 7.18. The van der Waals surface area contributed by atoms with Crippen LogP contribution in [0, 0.1) is 12.7 Å². The predicted molar refractivity (Wildman–Crippen MR) is 77.9 cm³/mol. The molecule has 0 aromatic heterocycles. The van der Waals surface area contributed by atoms with Crippen molar-refractivity contribution in [2.75, 3.05) is 13.7 Å². The number of aryl methyl sites for hydroxylation is 1. The molecule has 2 nitrogen and oxygen atoms in total. The summed E-state index contributed by atoms with van der Waals surface area (Å²) in [5.74, 6) is -0.166. The van der Waals surface area contributed by atoms with E-state index in [0.29, 0.717) is 0 Å². The molecule has 0 spiro atoms. The number of hydrogen-bond acceptors (Lipinski definition) is 2. The van der Waals surface area contributed by atoms with E-state index in [2.05, 4.69) is 19.2 Å². The summed E-state index contributed by atoms with van der Waals surface area (Å²) in [6, 6.07) is 5.33. The van der Waals surface area contributed by atoms with Gasteiger partial charge in [-0.2, -0.15) is 0 Å². The molecule has 0 heterocycles.